The molecule has 0 aliphatic heterocycles. The van der Waals surface area contributed by atoms with Gasteiger partial charge in [-0.1, -0.05) is 0 Å². The lowest BCUT2D eigenvalue weighted by atomic mass is 10.2. The molecule has 0 aromatic heterocycles. The Balaban J connectivity index is 5.96. The van der Waals surface area contributed by atoms with E-state index in [1.54, 1.807) is 0 Å². The van der Waals surface area contributed by atoms with E-state index in [1.807, 2.05) is 0 Å². The number of esters is 4. The third-order valence-corrected chi connectivity index (χ3v) is 12.0. The Hall–Kier alpha value is -5.62. The first kappa shape index (κ1) is 78.4. The summed E-state index contributed by atoms with van der Waals surface area (Å²) >= 11 is 0. The van der Waals surface area contributed by atoms with Crippen LogP contribution in [0.4, 0.5) is 0 Å². The van der Waals surface area contributed by atoms with E-state index in [-0.39, 0.29) is 130 Å². The molecule has 0 bridgehead atoms. The predicted octanol–water partition coefficient (Wildman–Crippen LogP) is -1.37. The number of amides is 6. The Bertz CT molecular complexity index is 1950. The van der Waals surface area contributed by atoms with Gasteiger partial charge in [-0.25, -0.2) is 0 Å². The number of aliphatic hydroxyl groups is 8. The van der Waals surface area contributed by atoms with Gasteiger partial charge in [-0.05, 0) is 83.1 Å². The first-order valence-electron chi connectivity index (χ1n) is 28.9. The second-order valence-electron chi connectivity index (χ2n) is 22.3. The van der Waals surface area contributed by atoms with E-state index in [1.165, 1.54) is 112 Å². The standard InChI is InChI=1S/C56H100N6O22/c1-35(63)23-57(24-36(2)64)49(73)15-19-53(77)81-43(9)31-60(29-41(7)69)47(71)13-14-48(72)61(30-42(8)70)32-44(10)82-56(80)22-18-52(76)62(33-45(11)83-54(78)20-16-50(74)58(25-37(3)65)26-38(4)66)34-46(12)84-55(79)21-17-51(75)59(27-39(5)67)28-40(6)68/h35-46,63-70H,13-34H2,1-12H3. The Labute approximate surface area is 494 Å². The fraction of sp³-hybridized carbons (Fsp3) is 0.821. The SMILES string of the molecule is CC(O)CN(CC(C)O)C(=O)CCC(=O)OC(C)CN(CC(C)O)C(=O)CCC(=O)N(CC(C)O)CC(C)OC(=O)CCC(=O)N(CC(C)OC(=O)CCC(=O)N(CC(C)O)CC(C)O)CC(C)OC(=O)CCC(=O)N(CC(C)O)CC(C)O. The average Bonchev–Trinajstić information content (AvgIpc) is 3.36. The molecule has 6 amide bonds. The molecule has 0 radical (unpaired) electrons. The molecule has 0 aromatic carbocycles. The van der Waals surface area contributed by atoms with Crippen molar-refractivity contribution >= 4 is 59.3 Å². The maximum atomic E-state index is 13.8. The van der Waals surface area contributed by atoms with Crippen LogP contribution in [-0.4, -0.2) is 281 Å². The molecule has 486 valence electrons. The van der Waals surface area contributed by atoms with Crippen LogP contribution in [0.5, 0.6) is 0 Å². The zero-order chi connectivity index (χ0) is 64.6. The van der Waals surface area contributed by atoms with Crippen molar-refractivity contribution in [2.45, 2.75) is 221 Å². The van der Waals surface area contributed by atoms with Gasteiger partial charge < -0.3 is 89.2 Å². The van der Waals surface area contributed by atoms with Gasteiger partial charge in [0.15, 0.2) is 0 Å². The summed E-state index contributed by atoms with van der Waals surface area (Å²) in [5, 5.41) is 79.3. The molecule has 28 nitrogen and oxygen atoms in total. The van der Waals surface area contributed by atoms with Gasteiger partial charge in [0.1, 0.15) is 24.4 Å². The number of aliphatic hydroxyl groups excluding tert-OH is 8. The number of rotatable bonds is 43. The van der Waals surface area contributed by atoms with Crippen LogP contribution in [0, 0.1) is 0 Å². The summed E-state index contributed by atoms with van der Waals surface area (Å²) in [7, 11) is 0. The lowest BCUT2D eigenvalue weighted by Crippen LogP contribution is -2.44. The predicted molar refractivity (Wildman–Crippen MR) is 301 cm³/mol. The highest BCUT2D eigenvalue weighted by atomic mass is 16.6. The van der Waals surface area contributed by atoms with Crippen LogP contribution in [0.15, 0.2) is 0 Å². The van der Waals surface area contributed by atoms with Gasteiger partial charge in [0.25, 0.3) is 0 Å². The summed E-state index contributed by atoms with van der Waals surface area (Å²) < 4.78 is 22.0. The Kier molecular flexibility index (Phi) is 38.7. The van der Waals surface area contributed by atoms with E-state index in [2.05, 4.69) is 0 Å². The Morgan fingerprint density at radius 1 is 0.226 bits per heavy atom. The van der Waals surface area contributed by atoms with Crippen molar-refractivity contribution in [3.63, 3.8) is 0 Å². The monoisotopic (exact) mass is 1210 g/mol. The van der Waals surface area contributed by atoms with E-state index < -0.39 is 145 Å². The zero-order valence-corrected chi connectivity index (χ0v) is 51.5. The average molecular weight is 1210 g/mol. The van der Waals surface area contributed by atoms with Crippen LogP contribution in [0.3, 0.4) is 0 Å². The zero-order valence-electron chi connectivity index (χ0n) is 51.5. The van der Waals surface area contributed by atoms with Crippen LogP contribution >= 0.6 is 0 Å². The van der Waals surface area contributed by atoms with Gasteiger partial charge in [0.05, 0.1) is 101 Å². The van der Waals surface area contributed by atoms with Gasteiger partial charge in [0, 0.05) is 90.9 Å². The maximum Gasteiger partial charge on any atom is 0.306 e. The molecule has 0 fully saturated rings. The topological polar surface area (TPSA) is 389 Å². The van der Waals surface area contributed by atoms with Crippen molar-refractivity contribution < 1.29 is 108 Å². The molecule has 12 atom stereocenters. The van der Waals surface area contributed by atoms with E-state index >= 15 is 0 Å². The van der Waals surface area contributed by atoms with Gasteiger partial charge >= 0.3 is 23.9 Å². The number of nitrogens with zero attached hydrogens (tertiary/aromatic N) is 6. The third-order valence-electron chi connectivity index (χ3n) is 12.0. The molecular weight excluding hydrogens is 1110 g/mol. The van der Waals surface area contributed by atoms with Crippen molar-refractivity contribution in [1.29, 1.82) is 0 Å². The summed E-state index contributed by atoms with van der Waals surface area (Å²) in [4.78, 5) is 138. The minimum Gasteiger partial charge on any atom is -0.461 e. The Morgan fingerprint density at radius 3 is 0.488 bits per heavy atom. The molecule has 28 heteroatoms. The molecule has 84 heavy (non-hydrogen) atoms. The second-order valence-corrected chi connectivity index (χ2v) is 22.3. The summed E-state index contributed by atoms with van der Waals surface area (Å²) in [6.45, 7) is 15.7. The van der Waals surface area contributed by atoms with Crippen molar-refractivity contribution in [2.24, 2.45) is 0 Å². The highest BCUT2D eigenvalue weighted by Crippen LogP contribution is 2.14. The molecule has 8 N–H and O–H groups in total. The molecule has 0 aliphatic rings. The number of carbonyl (C=O) groups is 10. The molecule has 0 rings (SSSR count). The highest BCUT2D eigenvalue weighted by Gasteiger charge is 2.29. The van der Waals surface area contributed by atoms with E-state index in [9.17, 15) is 88.8 Å². The van der Waals surface area contributed by atoms with Gasteiger partial charge in [-0.15, -0.1) is 0 Å². The summed E-state index contributed by atoms with van der Waals surface area (Å²) in [5.41, 5.74) is 0. The van der Waals surface area contributed by atoms with Gasteiger partial charge in [-0.2, -0.15) is 0 Å². The largest absolute Gasteiger partial charge is 0.461 e. The minimum absolute atomic E-state index is 0.0513. The lowest BCUT2D eigenvalue weighted by molar-refractivity contribution is -0.156. The molecule has 0 spiro atoms. The van der Waals surface area contributed by atoms with Crippen LogP contribution in [0.2, 0.25) is 0 Å². The number of hydrogen-bond acceptors (Lipinski definition) is 22. The highest BCUT2D eigenvalue weighted by molar-refractivity contribution is 5.85. The van der Waals surface area contributed by atoms with Crippen molar-refractivity contribution in [3.8, 4) is 0 Å². The molecule has 0 aliphatic carbocycles. The lowest BCUT2D eigenvalue weighted by Gasteiger charge is -2.29. The summed E-state index contributed by atoms with van der Waals surface area (Å²) in [6, 6.07) is 0. The number of ether oxygens (including phenoxy) is 4. The molecular formula is C56H100N6O22. The quantitative estimate of drug-likeness (QED) is 0.0258. The van der Waals surface area contributed by atoms with Crippen molar-refractivity contribution in [1.82, 2.24) is 29.4 Å². The van der Waals surface area contributed by atoms with Crippen LogP contribution in [0.1, 0.15) is 147 Å². The van der Waals surface area contributed by atoms with Gasteiger partial charge in [-0.3, -0.25) is 47.9 Å². The van der Waals surface area contributed by atoms with E-state index in [0.29, 0.717) is 0 Å². The fourth-order valence-electron chi connectivity index (χ4n) is 8.74. The maximum absolute atomic E-state index is 13.8. The second kappa shape index (κ2) is 41.4. The van der Waals surface area contributed by atoms with Gasteiger partial charge in [0.2, 0.25) is 35.4 Å². The summed E-state index contributed by atoms with van der Waals surface area (Å²) in [5.74, 6) is -6.63. The molecule has 0 heterocycles. The van der Waals surface area contributed by atoms with Crippen LogP contribution < -0.4 is 0 Å². The first-order valence-corrected chi connectivity index (χ1v) is 28.9. The van der Waals surface area contributed by atoms with E-state index in [0.717, 1.165) is 0 Å². The van der Waals surface area contributed by atoms with Crippen molar-refractivity contribution in [2.75, 3.05) is 78.5 Å². The van der Waals surface area contributed by atoms with Crippen LogP contribution in [0.25, 0.3) is 0 Å². The van der Waals surface area contributed by atoms with E-state index in [4.69, 9.17) is 18.9 Å². The molecule has 0 saturated carbocycles. The molecule has 0 saturated heterocycles. The summed E-state index contributed by atoms with van der Waals surface area (Å²) in [6.07, 6.45) is -15.1. The van der Waals surface area contributed by atoms with Crippen molar-refractivity contribution in [3.05, 3.63) is 0 Å². The minimum atomic E-state index is -1.06. The number of carbonyl (C=O) groups excluding carboxylic acids is 10. The molecule has 12 unspecified atom stereocenters. The van der Waals surface area contributed by atoms with Crippen LogP contribution in [-0.2, 0) is 66.9 Å². The smallest absolute Gasteiger partial charge is 0.306 e. The molecule has 0 aromatic rings. The Morgan fingerprint density at radius 2 is 0.345 bits per heavy atom. The fourth-order valence-corrected chi connectivity index (χ4v) is 8.74. The number of hydrogen-bond donors (Lipinski definition) is 8. The normalized spacial score (nSPS) is 15.6. The third kappa shape index (κ3) is 37.6. The first-order chi connectivity index (χ1) is 39.0.